The highest BCUT2D eigenvalue weighted by Crippen LogP contribution is 2.43. The molecule has 172 valence electrons. The SMILES string of the molecule is CN(c1ccc(-c2ccc(-c3cc(=O)n(C)cn3)cc2O)nn1)C1C[C@]2(C)CC[C@](C)(C1)N2. The van der Waals surface area contributed by atoms with E-state index < -0.39 is 0 Å². The zero-order chi connectivity index (χ0) is 23.4. The van der Waals surface area contributed by atoms with E-state index in [0.717, 1.165) is 18.7 Å². The van der Waals surface area contributed by atoms with Crippen molar-refractivity contribution in [3.63, 3.8) is 0 Å². The highest BCUT2D eigenvalue weighted by Gasteiger charge is 2.49. The Bertz CT molecular complexity index is 1240. The van der Waals surface area contributed by atoms with Crippen molar-refractivity contribution in [3.05, 3.63) is 53.1 Å². The van der Waals surface area contributed by atoms with Crippen molar-refractivity contribution < 1.29 is 5.11 Å². The molecule has 2 aliphatic heterocycles. The van der Waals surface area contributed by atoms with Crippen LogP contribution < -0.4 is 15.8 Å². The van der Waals surface area contributed by atoms with E-state index in [1.807, 2.05) is 18.2 Å². The molecule has 8 nitrogen and oxygen atoms in total. The number of benzene rings is 1. The molecule has 2 saturated heterocycles. The third-order valence-electron chi connectivity index (χ3n) is 7.31. The molecule has 3 aromatic rings. The van der Waals surface area contributed by atoms with Crippen LogP contribution in [-0.2, 0) is 7.05 Å². The summed E-state index contributed by atoms with van der Waals surface area (Å²) in [6, 6.07) is 10.9. The summed E-state index contributed by atoms with van der Waals surface area (Å²) in [7, 11) is 3.74. The standard InChI is InChI=1S/C25H30N6O2/c1-24-9-10-25(2,29-24)14-17(13-24)31(4)22-8-7-19(27-28-22)18-6-5-16(11-21(18)32)20-12-23(33)30(3)15-26-20/h5-8,11-12,15,17,29,32H,9-10,13-14H2,1-4H3/t17?,24-,25+. The molecule has 0 aliphatic carbocycles. The topological polar surface area (TPSA) is 96.2 Å². The predicted molar refractivity (Wildman–Crippen MR) is 128 cm³/mol. The molecule has 1 unspecified atom stereocenters. The highest BCUT2D eigenvalue weighted by molar-refractivity contribution is 5.73. The third-order valence-corrected chi connectivity index (χ3v) is 7.31. The molecule has 0 amide bonds. The van der Waals surface area contributed by atoms with E-state index in [1.165, 1.54) is 29.8 Å². The average molecular weight is 447 g/mol. The number of hydrogen-bond acceptors (Lipinski definition) is 7. The molecule has 2 aliphatic rings. The Labute approximate surface area is 193 Å². The average Bonchev–Trinajstić information content (AvgIpc) is 3.01. The first-order valence-corrected chi connectivity index (χ1v) is 11.4. The van der Waals surface area contributed by atoms with Crippen molar-refractivity contribution in [3.8, 4) is 28.3 Å². The molecule has 2 fully saturated rings. The molecule has 0 radical (unpaired) electrons. The second-order valence-corrected chi connectivity index (χ2v) is 10.2. The summed E-state index contributed by atoms with van der Waals surface area (Å²) < 4.78 is 1.40. The second kappa shape index (κ2) is 7.66. The number of rotatable bonds is 4. The Balaban J connectivity index is 1.36. The third kappa shape index (κ3) is 3.99. The van der Waals surface area contributed by atoms with E-state index in [4.69, 9.17) is 0 Å². The molecular formula is C25H30N6O2. The monoisotopic (exact) mass is 446 g/mol. The Morgan fingerprint density at radius 1 is 1.06 bits per heavy atom. The molecule has 0 saturated carbocycles. The fourth-order valence-electron chi connectivity index (χ4n) is 5.47. The van der Waals surface area contributed by atoms with Gasteiger partial charge in [0.05, 0.1) is 17.7 Å². The van der Waals surface area contributed by atoms with Gasteiger partial charge in [-0.3, -0.25) is 4.79 Å². The van der Waals surface area contributed by atoms with Crippen LogP contribution in [0, 0.1) is 0 Å². The van der Waals surface area contributed by atoms with Crippen molar-refractivity contribution in [1.29, 1.82) is 0 Å². The molecule has 5 rings (SSSR count). The first kappa shape index (κ1) is 21.6. The van der Waals surface area contributed by atoms with Crippen LogP contribution in [0.1, 0.15) is 39.5 Å². The van der Waals surface area contributed by atoms with Gasteiger partial charge in [-0.25, -0.2) is 4.98 Å². The Morgan fingerprint density at radius 2 is 1.79 bits per heavy atom. The van der Waals surface area contributed by atoms with Gasteiger partial charge in [0, 0.05) is 48.4 Å². The van der Waals surface area contributed by atoms with Crippen molar-refractivity contribution >= 4 is 5.82 Å². The van der Waals surface area contributed by atoms with Crippen LogP contribution in [0.15, 0.2) is 47.5 Å². The summed E-state index contributed by atoms with van der Waals surface area (Å²) >= 11 is 0. The number of phenols is 1. The molecular weight excluding hydrogens is 416 g/mol. The molecule has 33 heavy (non-hydrogen) atoms. The minimum absolute atomic E-state index is 0.0705. The number of aryl methyl sites for hydroxylation is 1. The lowest BCUT2D eigenvalue weighted by molar-refractivity contribution is 0.207. The second-order valence-electron chi connectivity index (χ2n) is 10.2. The minimum Gasteiger partial charge on any atom is -0.507 e. The first-order valence-electron chi connectivity index (χ1n) is 11.4. The van der Waals surface area contributed by atoms with Crippen molar-refractivity contribution in [2.45, 2.75) is 56.7 Å². The number of fused-ring (bicyclic) bond motifs is 2. The van der Waals surface area contributed by atoms with Crippen molar-refractivity contribution in [2.75, 3.05) is 11.9 Å². The van der Waals surface area contributed by atoms with E-state index in [2.05, 4.69) is 46.3 Å². The lowest BCUT2D eigenvalue weighted by atomic mass is 9.84. The molecule has 8 heteroatoms. The van der Waals surface area contributed by atoms with Gasteiger partial charge < -0.3 is 19.9 Å². The van der Waals surface area contributed by atoms with Gasteiger partial charge in [-0.2, -0.15) is 0 Å². The Kier molecular flexibility index (Phi) is 5.01. The number of nitrogens with one attached hydrogen (secondary N) is 1. The summed E-state index contributed by atoms with van der Waals surface area (Å²) in [5.74, 6) is 0.902. The lowest BCUT2D eigenvalue weighted by Gasteiger charge is -2.45. The number of aromatic nitrogens is 4. The van der Waals surface area contributed by atoms with Crippen LogP contribution in [0.2, 0.25) is 0 Å². The van der Waals surface area contributed by atoms with E-state index in [0.29, 0.717) is 28.6 Å². The van der Waals surface area contributed by atoms with Crippen LogP contribution in [0.4, 0.5) is 5.82 Å². The predicted octanol–water partition coefficient (Wildman–Crippen LogP) is 3.11. The van der Waals surface area contributed by atoms with Gasteiger partial charge in [0.25, 0.3) is 5.56 Å². The maximum absolute atomic E-state index is 11.9. The number of nitrogens with zero attached hydrogens (tertiary/aromatic N) is 5. The first-order chi connectivity index (χ1) is 15.6. The van der Waals surface area contributed by atoms with Gasteiger partial charge in [0.2, 0.25) is 0 Å². The summed E-state index contributed by atoms with van der Waals surface area (Å²) in [4.78, 5) is 18.4. The van der Waals surface area contributed by atoms with Gasteiger partial charge in [0.15, 0.2) is 5.82 Å². The molecule has 2 aromatic heterocycles. The zero-order valence-electron chi connectivity index (χ0n) is 19.5. The highest BCUT2D eigenvalue weighted by atomic mass is 16.3. The number of anilines is 1. The normalized spacial score (nSPS) is 26.4. The van der Waals surface area contributed by atoms with Gasteiger partial charge in [0.1, 0.15) is 5.75 Å². The molecule has 3 atom stereocenters. The largest absolute Gasteiger partial charge is 0.507 e. The Morgan fingerprint density at radius 3 is 2.39 bits per heavy atom. The zero-order valence-corrected chi connectivity index (χ0v) is 19.5. The fraction of sp³-hybridized carbons (Fsp3) is 0.440. The van der Waals surface area contributed by atoms with E-state index >= 15 is 0 Å². The summed E-state index contributed by atoms with van der Waals surface area (Å²) in [6.07, 6.45) is 6.06. The summed E-state index contributed by atoms with van der Waals surface area (Å²) in [6.45, 7) is 4.64. The fourth-order valence-corrected chi connectivity index (χ4v) is 5.47. The van der Waals surface area contributed by atoms with Gasteiger partial charge >= 0.3 is 0 Å². The smallest absolute Gasteiger partial charge is 0.253 e. The van der Waals surface area contributed by atoms with Crippen LogP contribution in [0.25, 0.3) is 22.5 Å². The van der Waals surface area contributed by atoms with E-state index in [1.54, 1.807) is 19.2 Å². The van der Waals surface area contributed by atoms with Crippen molar-refractivity contribution in [2.24, 2.45) is 7.05 Å². The van der Waals surface area contributed by atoms with E-state index in [-0.39, 0.29) is 22.4 Å². The molecule has 2 bridgehead atoms. The van der Waals surface area contributed by atoms with Crippen LogP contribution in [0.3, 0.4) is 0 Å². The van der Waals surface area contributed by atoms with Crippen LogP contribution in [0.5, 0.6) is 5.75 Å². The molecule has 2 N–H and O–H groups in total. The quantitative estimate of drug-likeness (QED) is 0.636. The van der Waals surface area contributed by atoms with Crippen LogP contribution in [-0.4, -0.2) is 49.0 Å². The summed E-state index contributed by atoms with van der Waals surface area (Å²) in [5.41, 5.74) is 2.58. The van der Waals surface area contributed by atoms with Crippen LogP contribution >= 0.6 is 0 Å². The van der Waals surface area contributed by atoms with E-state index in [9.17, 15) is 9.90 Å². The van der Waals surface area contributed by atoms with Crippen molar-refractivity contribution in [1.82, 2.24) is 25.1 Å². The molecule has 1 aromatic carbocycles. The minimum atomic E-state index is -0.154. The Hall–Kier alpha value is -3.26. The maximum atomic E-state index is 11.9. The lowest BCUT2D eigenvalue weighted by Crippen LogP contribution is -2.58. The summed E-state index contributed by atoms with van der Waals surface area (Å²) in [5, 5.41) is 23.3. The molecule has 0 spiro atoms. The number of aromatic hydroxyl groups is 1. The number of hydrogen-bond donors (Lipinski definition) is 2. The number of phenolic OH excluding ortho intramolecular Hbond substituents is 1. The molecule has 4 heterocycles. The maximum Gasteiger partial charge on any atom is 0.253 e. The number of piperidine rings is 1. The van der Waals surface area contributed by atoms with Gasteiger partial charge in [-0.05, 0) is 63.8 Å². The van der Waals surface area contributed by atoms with Gasteiger partial charge in [-0.15, -0.1) is 10.2 Å². The van der Waals surface area contributed by atoms with Gasteiger partial charge in [-0.1, -0.05) is 6.07 Å².